The van der Waals surface area contributed by atoms with Crippen LogP contribution in [0, 0.1) is 0 Å². The van der Waals surface area contributed by atoms with Crippen molar-refractivity contribution in [3.63, 3.8) is 0 Å². The average Bonchev–Trinajstić information content (AvgIpc) is 2.60. The number of nitrogens with one attached hydrogen (secondary N) is 1. The number of aryl methyl sites for hydroxylation is 1. The van der Waals surface area contributed by atoms with Crippen molar-refractivity contribution >= 4 is 16.1 Å². The summed E-state index contributed by atoms with van der Waals surface area (Å²) < 4.78 is 27.5. The summed E-state index contributed by atoms with van der Waals surface area (Å²) in [6.07, 6.45) is 2.60. The van der Waals surface area contributed by atoms with Crippen LogP contribution in [0.2, 0.25) is 0 Å². The molecule has 0 saturated heterocycles. The molecule has 0 saturated carbocycles. The van der Waals surface area contributed by atoms with Gasteiger partial charge in [0.25, 0.3) is 0 Å². The Labute approximate surface area is 142 Å². The lowest BCUT2D eigenvalue weighted by molar-refractivity contribution is 0.179. The Bertz CT molecular complexity index is 829. The molecule has 2 aromatic carbocycles. The molecule has 0 aromatic heterocycles. The first-order valence-corrected chi connectivity index (χ1v) is 9.53. The van der Waals surface area contributed by atoms with Crippen LogP contribution in [0.25, 0.3) is 6.08 Å². The zero-order chi connectivity index (χ0) is 17.0. The molecule has 24 heavy (non-hydrogen) atoms. The van der Waals surface area contributed by atoms with Gasteiger partial charge in [-0.3, -0.25) is 0 Å². The molecule has 126 valence electrons. The lowest BCUT2D eigenvalue weighted by Crippen LogP contribution is -2.34. The fourth-order valence-electron chi connectivity index (χ4n) is 2.88. The molecule has 1 aliphatic carbocycles. The topological polar surface area (TPSA) is 66.4 Å². The molecule has 2 N–H and O–H groups in total. The lowest BCUT2D eigenvalue weighted by atomic mass is 9.98. The number of benzene rings is 2. The highest BCUT2D eigenvalue weighted by Gasteiger charge is 2.22. The van der Waals surface area contributed by atoms with Gasteiger partial charge in [-0.2, -0.15) is 0 Å². The molecule has 0 radical (unpaired) electrons. The Kier molecular flexibility index (Phi) is 5.14. The van der Waals surface area contributed by atoms with Crippen molar-refractivity contribution in [2.24, 2.45) is 0 Å². The Hall–Kier alpha value is -1.95. The van der Waals surface area contributed by atoms with E-state index in [2.05, 4.69) is 4.72 Å². The molecule has 5 heteroatoms. The van der Waals surface area contributed by atoms with Crippen molar-refractivity contribution in [1.29, 1.82) is 0 Å². The Balaban J connectivity index is 1.63. The first-order chi connectivity index (χ1) is 11.5. The zero-order valence-electron chi connectivity index (χ0n) is 13.4. The van der Waals surface area contributed by atoms with Crippen molar-refractivity contribution in [2.75, 3.05) is 6.54 Å². The predicted molar refractivity (Wildman–Crippen MR) is 95.8 cm³/mol. The van der Waals surface area contributed by atoms with Gasteiger partial charge in [-0.05, 0) is 42.0 Å². The minimum absolute atomic E-state index is 0.0101. The summed E-state index contributed by atoms with van der Waals surface area (Å²) in [5, 5.41) is 10.1. The number of fused-ring (bicyclic) bond motifs is 1. The molecule has 0 bridgehead atoms. The van der Waals surface area contributed by atoms with Gasteiger partial charge >= 0.3 is 0 Å². The third-order valence-corrected chi connectivity index (χ3v) is 5.74. The predicted octanol–water partition coefficient (Wildman–Crippen LogP) is 2.50. The summed E-state index contributed by atoms with van der Waals surface area (Å²) in [7, 11) is -3.56. The second-order valence-corrected chi connectivity index (χ2v) is 7.82. The monoisotopic (exact) mass is 343 g/mol. The smallest absolute Gasteiger partial charge is 0.236 e. The minimum Gasteiger partial charge on any atom is -0.391 e. The summed E-state index contributed by atoms with van der Waals surface area (Å²) in [6.45, 7) is 0.0101. The molecule has 0 heterocycles. The van der Waals surface area contributed by atoms with Gasteiger partial charge in [-0.15, -0.1) is 0 Å². The van der Waals surface area contributed by atoms with Crippen molar-refractivity contribution in [3.05, 3.63) is 76.2 Å². The summed E-state index contributed by atoms with van der Waals surface area (Å²) in [4.78, 5) is 0.383. The number of sulfonamides is 1. The molecule has 0 amide bonds. The second kappa shape index (κ2) is 7.30. The van der Waals surface area contributed by atoms with Crippen LogP contribution in [-0.4, -0.2) is 26.2 Å². The van der Waals surface area contributed by atoms with Crippen molar-refractivity contribution < 1.29 is 13.5 Å². The molecule has 0 spiro atoms. The van der Waals surface area contributed by atoms with E-state index < -0.39 is 16.1 Å². The van der Waals surface area contributed by atoms with Gasteiger partial charge in [-0.1, -0.05) is 54.6 Å². The highest BCUT2D eigenvalue weighted by atomic mass is 32.2. The average molecular weight is 343 g/mol. The molecular formula is C19H21NO3S. The fourth-order valence-corrected chi connectivity index (χ4v) is 4.13. The van der Waals surface area contributed by atoms with Gasteiger partial charge < -0.3 is 5.11 Å². The lowest BCUT2D eigenvalue weighted by Gasteiger charge is -2.18. The standard InChI is InChI=1S/C19H21NO3S/c21-18(12-15-6-2-1-3-7-15)14-20-24(22,23)19-11-10-16-8-4-5-9-17(16)13-19/h1-9,13,18,20-21H,10-12,14H2. The third-order valence-electron chi connectivity index (χ3n) is 4.18. The quantitative estimate of drug-likeness (QED) is 0.847. The Morgan fingerprint density at radius 3 is 2.50 bits per heavy atom. The summed E-state index contributed by atoms with van der Waals surface area (Å²) in [5.74, 6) is 0. The van der Waals surface area contributed by atoms with Gasteiger partial charge in [-0.25, -0.2) is 13.1 Å². The number of aliphatic hydroxyl groups excluding tert-OH is 1. The van der Waals surface area contributed by atoms with Crippen LogP contribution in [0.4, 0.5) is 0 Å². The van der Waals surface area contributed by atoms with Crippen LogP contribution in [0.5, 0.6) is 0 Å². The number of rotatable bonds is 6. The van der Waals surface area contributed by atoms with Gasteiger partial charge in [0.15, 0.2) is 0 Å². The van der Waals surface area contributed by atoms with Gasteiger partial charge in [0.2, 0.25) is 10.0 Å². The van der Waals surface area contributed by atoms with E-state index in [9.17, 15) is 13.5 Å². The summed E-state index contributed by atoms with van der Waals surface area (Å²) in [5.41, 5.74) is 3.10. The number of hydrogen-bond donors (Lipinski definition) is 2. The number of aliphatic hydroxyl groups is 1. The number of allylic oxidation sites excluding steroid dienone is 1. The first kappa shape index (κ1) is 16.9. The van der Waals surface area contributed by atoms with E-state index >= 15 is 0 Å². The van der Waals surface area contributed by atoms with Crippen LogP contribution in [-0.2, 0) is 22.9 Å². The summed E-state index contributed by atoms with van der Waals surface area (Å²) in [6, 6.07) is 17.3. The second-order valence-electron chi connectivity index (χ2n) is 6.00. The molecule has 1 atom stereocenters. The van der Waals surface area contributed by atoms with E-state index in [4.69, 9.17) is 0 Å². The first-order valence-electron chi connectivity index (χ1n) is 8.05. The molecule has 3 rings (SSSR count). The van der Waals surface area contributed by atoms with Crippen LogP contribution in [0.1, 0.15) is 23.1 Å². The van der Waals surface area contributed by atoms with E-state index in [0.29, 0.717) is 17.7 Å². The fraction of sp³-hybridized carbons (Fsp3) is 0.263. The molecule has 0 fully saturated rings. The van der Waals surface area contributed by atoms with E-state index in [1.165, 1.54) is 5.56 Å². The molecule has 1 aliphatic rings. The highest BCUT2D eigenvalue weighted by molar-refractivity contribution is 7.93. The van der Waals surface area contributed by atoms with Gasteiger partial charge in [0, 0.05) is 6.54 Å². The van der Waals surface area contributed by atoms with Crippen molar-refractivity contribution in [2.45, 2.75) is 25.4 Å². The highest BCUT2D eigenvalue weighted by Crippen LogP contribution is 2.26. The van der Waals surface area contributed by atoms with Crippen LogP contribution >= 0.6 is 0 Å². The SMILES string of the molecule is O=S(=O)(NCC(O)Cc1ccccc1)C1=Cc2ccccc2CC1. The molecule has 1 unspecified atom stereocenters. The Morgan fingerprint density at radius 2 is 1.71 bits per heavy atom. The van der Waals surface area contributed by atoms with Crippen molar-refractivity contribution in [3.8, 4) is 0 Å². The van der Waals surface area contributed by atoms with E-state index in [-0.39, 0.29) is 6.54 Å². The largest absolute Gasteiger partial charge is 0.391 e. The van der Waals surface area contributed by atoms with Gasteiger partial charge in [0.1, 0.15) is 0 Å². The zero-order valence-corrected chi connectivity index (χ0v) is 14.2. The van der Waals surface area contributed by atoms with Crippen LogP contribution < -0.4 is 4.72 Å². The van der Waals surface area contributed by atoms with E-state index in [0.717, 1.165) is 17.5 Å². The van der Waals surface area contributed by atoms with Crippen LogP contribution in [0.15, 0.2) is 59.5 Å². The maximum absolute atomic E-state index is 12.5. The normalized spacial score (nSPS) is 15.5. The molecule has 0 aliphatic heterocycles. The van der Waals surface area contributed by atoms with E-state index in [1.54, 1.807) is 6.08 Å². The maximum atomic E-state index is 12.5. The van der Waals surface area contributed by atoms with E-state index in [1.807, 2.05) is 54.6 Å². The molecule has 4 nitrogen and oxygen atoms in total. The molecular weight excluding hydrogens is 322 g/mol. The third kappa shape index (κ3) is 4.12. The van der Waals surface area contributed by atoms with Gasteiger partial charge in [0.05, 0.1) is 11.0 Å². The number of hydrogen-bond acceptors (Lipinski definition) is 3. The van der Waals surface area contributed by atoms with Crippen molar-refractivity contribution in [1.82, 2.24) is 4.72 Å². The molecule has 2 aromatic rings. The maximum Gasteiger partial charge on any atom is 0.236 e. The minimum atomic E-state index is -3.56. The summed E-state index contributed by atoms with van der Waals surface area (Å²) >= 11 is 0. The van der Waals surface area contributed by atoms with Crippen LogP contribution in [0.3, 0.4) is 0 Å². The Morgan fingerprint density at radius 1 is 1.00 bits per heavy atom.